The van der Waals surface area contributed by atoms with Gasteiger partial charge in [0.2, 0.25) is 0 Å². The van der Waals surface area contributed by atoms with Crippen molar-refractivity contribution in [3.63, 3.8) is 0 Å². The lowest BCUT2D eigenvalue weighted by atomic mass is 10.4. The Kier molecular flexibility index (Phi) is 15.4. The minimum Gasteiger partial charge on any atom is -0.456 e. The molecular formula is C24H33NO11. The van der Waals surface area contributed by atoms with Gasteiger partial charge in [0, 0.05) is 14.2 Å². The molecule has 2 atom stereocenters. The monoisotopic (exact) mass is 511 g/mol. The van der Waals surface area contributed by atoms with Crippen LogP contribution in [0.2, 0.25) is 0 Å². The molecule has 0 bridgehead atoms. The number of hydrogen-bond donors (Lipinski definition) is 1. The van der Waals surface area contributed by atoms with Crippen LogP contribution in [0.3, 0.4) is 0 Å². The molecule has 0 amide bonds. The van der Waals surface area contributed by atoms with E-state index < -0.39 is 24.1 Å². The first-order valence-electron chi connectivity index (χ1n) is 11.0. The van der Waals surface area contributed by atoms with Crippen molar-refractivity contribution in [3.05, 3.63) is 47.3 Å². The number of esters is 2. The van der Waals surface area contributed by atoms with Crippen LogP contribution in [0.5, 0.6) is 0 Å². The van der Waals surface area contributed by atoms with E-state index in [-0.39, 0.29) is 25.6 Å². The molecule has 36 heavy (non-hydrogen) atoms. The number of carbonyl (C=O) groups is 3. The second-order valence-electron chi connectivity index (χ2n) is 7.07. The van der Waals surface area contributed by atoms with Crippen LogP contribution in [0.25, 0.3) is 0 Å². The predicted octanol–water partition coefficient (Wildman–Crippen LogP) is 1.96. The Morgan fingerprint density at radius 1 is 0.917 bits per heavy atom. The zero-order valence-corrected chi connectivity index (χ0v) is 20.8. The molecule has 2 rings (SSSR count). The molecule has 200 valence electrons. The normalized spacial score (nSPS) is 12.5. The van der Waals surface area contributed by atoms with E-state index in [9.17, 15) is 14.4 Å². The number of furan rings is 2. The van der Waals surface area contributed by atoms with Gasteiger partial charge in [0.25, 0.3) is 0 Å². The number of aldehydes is 1. The highest BCUT2D eigenvalue weighted by molar-refractivity contribution is 5.76. The van der Waals surface area contributed by atoms with Crippen LogP contribution in [0.15, 0.2) is 38.1 Å². The molecule has 0 fully saturated rings. The topological polar surface area (TPSA) is 156 Å². The molecule has 0 radical (unpaired) electrons. The number of aliphatic hydroxyl groups excluding tert-OH is 1. The highest BCUT2D eigenvalue weighted by Gasteiger charge is 2.14. The maximum absolute atomic E-state index is 11.4. The number of carbonyl (C=O) groups excluding carboxylic acids is 3. The molecule has 12 heteroatoms. The lowest BCUT2D eigenvalue weighted by Gasteiger charge is -2.07. The predicted molar refractivity (Wildman–Crippen MR) is 126 cm³/mol. The lowest BCUT2D eigenvalue weighted by molar-refractivity contribution is -0.156. The van der Waals surface area contributed by atoms with E-state index in [2.05, 4.69) is 4.99 Å². The van der Waals surface area contributed by atoms with E-state index in [0.717, 1.165) is 0 Å². The number of rotatable bonds is 15. The average molecular weight is 512 g/mol. The summed E-state index contributed by atoms with van der Waals surface area (Å²) in [6.07, 6.45) is 0.958. The Labute approximate surface area is 209 Å². The molecule has 2 aromatic heterocycles. The van der Waals surface area contributed by atoms with Gasteiger partial charge >= 0.3 is 11.9 Å². The van der Waals surface area contributed by atoms with E-state index in [1.165, 1.54) is 20.3 Å². The number of hydrogen-bond acceptors (Lipinski definition) is 12. The van der Waals surface area contributed by atoms with E-state index in [1.54, 1.807) is 38.3 Å². The van der Waals surface area contributed by atoms with Gasteiger partial charge < -0.3 is 37.6 Å². The minimum absolute atomic E-state index is 0.000370. The molecule has 2 heterocycles. The maximum Gasteiger partial charge on any atom is 0.335 e. The van der Waals surface area contributed by atoms with Crippen molar-refractivity contribution in [2.45, 2.75) is 39.3 Å². The highest BCUT2D eigenvalue weighted by Crippen LogP contribution is 2.09. The molecule has 0 aromatic carbocycles. The highest BCUT2D eigenvalue weighted by atomic mass is 16.6. The fourth-order valence-electron chi connectivity index (χ4n) is 2.23. The van der Waals surface area contributed by atoms with Crippen LogP contribution in [-0.4, -0.2) is 82.3 Å². The fourth-order valence-corrected chi connectivity index (χ4v) is 2.23. The van der Waals surface area contributed by atoms with Crippen LogP contribution in [0, 0.1) is 0 Å². The molecule has 2 unspecified atom stereocenters. The molecule has 1 N–H and O–H groups in total. The molecule has 0 saturated heterocycles. The van der Waals surface area contributed by atoms with Gasteiger partial charge in [-0.1, -0.05) is 0 Å². The lowest BCUT2D eigenvalue weighted by Crippen LogP contribution is -2.21. The molecule has 2 aromatic rings. The summed E-state index contributed by atoms with van der Waals surface area (Å²) in [7, 11) is 2.86. The van der Waals surface area contributed by atoms with Crippen LogP contribution < -0.4 is 0 Å². The number of methoxy groups -OCH3 is 2. The summed E-state index contributed by atoms with van der Waals surface area (Å²) in [5, 5.41) is 8.52. The Balaban J connectivity index is 0.000000381. The summed E-state index contributed by atoms with van der Waals surface area (Å²) < 4.78 is 35.0. The third-order valence-corrected chi connectivity index (χ3v) is 4.38. The van der Waals surface area contributed by atoms with Crippen LogP contribution in [-0.2, 0) is 46.5 Å². The summed E-state index contributed by atoms with van der Waals surface area (Å²) in [6.45, 7) is 4.49. The van der Waals surface area contributed by atoms with Gasteiger partial charge in [-0.15, -0.1) is 0 Å². The van der Waals surface area contributed by atoms with E-state index >= 15 is 0 Å². The Bertz CT molecular complexity index is 934. The first-order valence-corrected chi connectivity index (χ1v) is 11.0. The fraction of sp³-hybridized carbons (Fsp3) is 0.500. The molecule has 0 spiro atoms. The van der Waals surface area contributed by atoms with Gasteiger partial charge in [-0.05, 0) is 38.1 Å². The molecule has 0 aliphatic carbocycles. The maximum atomic E-state index is 11.4. The van der Waals surface area contributed by atoms with Crippen LogP contribution >= 0.6 is 0 Å². The molecule has 12 nitrogen and oxygen atoms in total. The van der Waals surface area contributed by atoms with Crippen molar-refractivity contribution in [1.82, 2.24) is 0 Å². The quantitative estimate of drug-likeness (QED) is 0.161. The van der Waals surface area contributed by atoms with Crippen molar-refractivity contribution in [2.24, 2.45) is 4.99 Å². The van der Waals surface area contributed by atoms with Gasteiger partial charge in [0.15, 0.2) is 24.3 Å². The number of aliphatic imine (C=N–C) groups is 1. The van der Waals surface area contributed by atoms with E-state index in [1.807, 2.05) is 0 Å². The van der Waals surface area contributed by atoms with Gasteiger partial charge in [-0.25, -0.2) is 9.59 Å². The smallest absolute Gasteiger partial charge is 0.335 e. The molecular weight excluding hydrogens is 478 g/mol. The SMILES string of the molecule is COC(C)C(=O)OCc1ccc(C=NCCOCCO)o1.COC(C)C(=O)OCc1ccc(C=O)o1. The van der Waals surface area contributed by atoms with Gasteiger partial charge in [0.05, 0.1) is 32.6 Å². The Hall–Kier alpha value is -3.32. The summed E-state index contributed by atoms with van der Waals surface area (Å²) in [6, 6.07) is 6.54. The number of nitrogens with zero attached hydrogens (tertiary/aromatic N) is 1. The van der Waals surface area contributed by atoms with E-state index in [4.69, 9.17) is 37.6 Å². The zero-order chi connectivity index (χ0) is 26.8. The minimum atomic E-state index is -0.606. The molecule has 0 aliphatic rings. The number of aliphatic hydroxyl groups is 1. The van der Waals surface area contributed by atoms with Crippen molar-refractivity contribution >= 4 is 24.4 Å². The van der Waals surface area contributed by atoms with Gasteiger partial charge in [-0.2, -0.15) is 0 Å². The zero-order valence-electron chi connectivity index (χ0n) is 20.8. The third kappa shape index (κ3) is 12.4. The summed E-state index contributed by atoms with van der Waals surface area (Å²) >= 11 is 0. The van der Waals surface area contributed by atoms with Crippen molar-refractivity contribution in [1.29, 1.82) is 0 Å². The first kappa shape index (κ1) is 30.7. The van der Waals surface area contributed by atoms with Gasteiger partial charge in [-0.3, -0.25) is 9.79 Å². The second kappa shape index (κ2) is 18.0. The van der Waals surface area contributed by atoms with Crippen molar-refractivity contribution in [2.75, 3.05) is 40.6 Å². The largest absolute Gasteiger partial charge is 0.456 e. The third-order valence-electron chi connectivity index (χ3n) is 4.38. The molecule has 0 aliphatic heterocycles. The summed E-state index contributed by atoms with van der Waals surface area (Å²) in [5.74, 6) is 0.828. The Morgan fingerprint density at radius 3 is 1.92 bits per heavy atom. The van der Waals surface area contributed by atoms with Crippen LogP contribution in [0.4, 0.5) is 0 Å². The summed E-state index contributed by atoms with van der Waals surface area (Å²) in [5.41, 5.74) is 0. The number of ether oxygens (including phenoxy) is 5. The standard InChI is InChI=1S/C14H21NO6.C10H12O5/c1-11(18-2)14(17)20-10-13-4-3-12(21-13)9-15-5-7-19-8-6-16;1-7(13-2)10(12)14-6-9-4-3-8(5-11)15-9/h3-4,9,11,16H,5-8,10H2,1-2H3;3-5,7H,6H2,1-2H3. The molecule has 0 saturated carbocycles. The van der Waals surface area contributed by atoms with E-state index in [0.29, 0.717) is 43.3 Å². The van der Waals surface area contributed by atoms with Crippen molar-refractivity contribution < 1.29 is 52.0 Å². The van der Waals surface area contributed by atoms with Gasteiger partial charge in [0.1, 0.15) is 30.5 Å². The Morgan fingerprint density at radius 2 is 1.44 bits per heavy atom. The first-order chi connectivity index (χ1) is 17.3. The van der Waals surface area contributed by atoms with Crippen LogP contribution in [0.1, 0.15) is 41.7 Å². The average Bonchev–Trinajstić information content (AvgIpc) is 3.56. The second-order valence-corrected chi connectivity index (χ2v) is 7.07. The van der Waals surface area contributed by atoms with Crippen molar-refractivity contribution in [3.8, 4) is 0 Å². The summed E-state index contributed by atoms with van der Waals surface area (Å²) in [4.78, 5) is 37.0.